The lowest BCUT2D eigenvalue weighted by Gasteiger charge is -2.20. The Labute approximate surface area is 89.1 Å². The van der Waals surface area contributed by atoms with Gasteiger partial charge in [0, 0.05) is 6.42 Å². The normalized spacial score (nSPS) is 26.0. The number of alkyl carbamates (subject to hydrolysis) is 1. The smallest absolute Gasteiger partial charge is 0.408 e. The fourth-order valence-corrected chi connectivity index (χ4v) is 1.32. The third kappa shape index (κ3) is 3.77. The molecule has 86 valence electrons. The van der Waals surface area contributed by atoms with Gasteiger partial charge in [0.05, 0.1) is 0 Å². The molecule has 2 unspecified atom stereocenters. The van der Waals surface area contributed by atoms with E-state index in [4.69, 9.17) is 9.47 Å². The molecule has 1 rings (SSSR count). The van der Waals surface area contributed by atoms with Crippen LogP contribution in [-0.2, 0) is 14.3 Å². The molecule has 1 N–H and O–H groups in total. The van der Waals surface area contributed by atoms with E-state index in [9.17, 15) is 9.59 Å². The van der Waals surface area contributed by atoms with Gasteiger partial charge in [-0.1, -0.05) is 0 Å². The monoisotopic (exact) mass is 215 g/mol. The quantitative estimate of drug-likeness (QED) is 0.668. The van der Waals surface area contributed by atoms with Gasteiger partial charge in [-0.2, -0.15) is 0 Å². The molecule has 0 bridgehead atoms. The van der Waals surface area contributed by atoms with E-state index in [0.717, 1.165) is 0 Å². The molecule has 1 saturated heterocycles. The number of rotatable bonds is 1. The lowest BCUT2D eigenvalue weighted by Crippen LogP contribution is -2.41. The molecular formula is C10H17NO4. The van der Waals surface area contributed by atoms with E-state index >= 15 is 0 Å². The Kier molecular flexibility index (Phi) is 3.21. The standard InChI is InChI=1S/C10H17NO4/c1-6-5-7(8(12)14-6)11-9(13)15-10(2,3)4/h6-7H,5H2,1-4H3,(H,11,13). The molecule has 0 radical (unpaired) electrons. The minimum Gasteiger partial charge on any atom is -0.461 e. The zero-order chi connectivity index (χ0) is 11.6. The van der Waals surface area contributed by atoms with Crippen molar-refractivity contribution >= 4 is 12.1 Å². The molecule has 1 amide bonds. The van der Waals surface area contributed by atoms with E-state index in [1.54, 1.807) is 27.7 Å². The van der Waals surface area contributed by atoms with Crippen LogP contribution in [-0.4, -0.2) is 29.8 Å². The van der Waals surface area contributed by atoms with Gasteiger partial charge < -0.3 is 14.8 Å². The topological polar surface area (TPSA) is 64.6 Å². The van der Waals surface area contributed by atoms with Gasteiger partial charge in [0.2, 0.25) is 0 Å². The van der Waals surface area contributed by atoms with Crippen molar-refractivity contribution in [2.75, 3.05) is 0 Å². The maximum atomic E-state index is 11.3. The molecule has 5 nitrogen and oxygen atoms in total. The zero-order valence-corrected chi connectivity index (χ0v) is 9.49. The average Bonchev–Trinajstić information content (AvgIpc) is 2.25. The van der Waals surface area contributed by atoms with Crippen LogP contribution < -0.4 is 5.32 Å². The summed E-state index contributed by atoms with van der Waals surface area (Å²) in [5, 5.41) is 2.48. The summed E-state index contributed by atoms with van der Waals surface area (Å²) in [5.41, 5.74) is -0.557. The first-order chi connectivity index (χ1) is 6.78. The van der Waals surface area contributed by atoms with Crippen LogP contribution in [0.3, 0.4) is 0 Å². The number of esters is 1. The molecule has 2 atom stereocenters. The van der Waals surface area contributed by atoms with Crippen molar-refractivity contribution in [1.29, 1.82) is 0 Å². The predicted octanol–water partition coefficient (Wildman–Crippen LogP) is 1.22. The van der Waals surface area contributed by atoms with Crippen molar-refractivity contribution < 1.29 is 19.1 Å². The number of nitrogens with one attached hydrogen (secondary N) is 1. The van der Waals surface area contributed by atoms with Crippen LogP contribution in [0.1, 0.15) is 34.1 Å². The lowest BCUT2D eigenvalue weighted by atomic mass is 10.2. The molecule has 0 aromatic carbocycles. The summed E-state index contributed by atoms with van der Waals surface area (Å²) in [6.45, 7) is 7.08. The maximum absolute atomic E-state index is 11.3. The van der Waals surface area contributed by atoms with Gasteiger partial charge in [-0.3, -0.25) is 0 Å². The van der Waals surface area contributed by atoms with Crippen LogP contribution >= 0.6 is 0 Å². The number of ether oxygens (including phenoxy) is 2. The molecule has 0 aromatic rings. The van der Waals surface area contributed by atoms with Crippen LogP contribution in [0.15, 0.2) is 0 Å². The molecular weight excluding hydrogens is 198 g/mol. The Morgan fingerprint density at radius 1 is 1.53 bits per heavy atom. The van der Waals surface area contributed by atoms with Gasteiger partial charge in [0.1, 0.15) is 17.7 Å². The summed E-state index contributed by atoms with van der Waals surface area (Å²) in [4.78, 5) is 22.5. The highest BCUT2D eigenvalue weighted by Crippen LogP contribution is 2.15. The fourth-order valence-electron chi connectivity index (χ4n) is 1.32. The van der Waals surface area contributed by atoms with Crippen molar-refractivity contribution in [3.8, 4) is 0 Å². The summed E-state index contributed by atoms with van der Waals surface area (Å²) in [6.07, 6.45) is -0.228. The summed E-state index contributed by atoms with van der Waals surface area (Å²) in [5.74, 6) is -0.395. The van der Waals surface area contributed by atoms with Crippen LogP contribution in [0.5, 0.6) is 0 Å². The Hall–Kier alpha value is -1.26. The second kappa shape index (κ2) is 4.08. The Morgan fingerprint density at radius 3 is 2.53 bits per heavy atom. The third-order valence-electron chi connectivity index (χ3n) is 1.86. The van der Waals surface area contributed by atoms with Crippen molar-refractivity contribution in [3.05, 3.63) is 0 Å². The van der Waals surface area contributed by atoms with Gasteiger partial charge in [0.25, 0.3) is 0 Å². The van der Waals surface area contributed by atoms with Crippen molar-refractivity contribution in [2.45, 2.75) is 51.9 Å². The molecule has 1 heterocycles. The van der Waals surface area contributed by atoms with Gasteiger partial charge in [0.15, 0.2) is 0 Å². The molecule has 0 spiro atoms. The third-order valence-corrected chi connectivity index (χ3v) is 1.86. The van der Waals surface area contributed by atoms with Crippen LogP contribution in [0.2, 0.25) is 0 Å². The lowest BCUT2D eigenvalue weighted by molar-refractivity contribution is -0.142. The van der Waals surface area contributed by atoms with E-state index in [1.807, 2.05) is 0 Å². The fraction of sp³-hybridized carbons (Fsp3) is 0.800. The summed E-state index contributed by atoms with van der Waals surface area (Å²) in [7, 11) is 0. The average molecular weight is 215 g/mol. The Bertz CT molecular complexity index is 269. The van der Waals surface area contributed by atoms with Gasteiger partial charge >= 0.3 is 12.1 Å². The number of hydrogen-bond acceptors (Lipinski definition) is 4. The van der Waals surface area contributed by atoms with Crippen molar-refractivity contribution in [1.82, 2.24) is 5.32 Å². The number of carbonyl (C=O) groups excluding carboxylic acids is 2. The van der Waals surface area contributed by atoms with Gasteiger partial charge in [-0.15, -0.1) is 0 Å². The number of carbonyl (C=O) groups is 2. The molecule has 0 aromatic heterocycles. The summed E-state index contributed by atoms with van der Waals surface area (Å²) in [6, 6.07) is -0.574. The van der Waals surface area contributed by atoms with Crippen molar-refractivity contribution in [3.63, 3.8) is 0 Å². The van der Waals surface area contributed by atoms with Gasteiger partial charge in [-0.05, 0) is 27.7 Å². The zero-order valence-electron chi connectivity index (χ0n) is 9.49. The number of cyclic esters (lactones) is 1. The second-order valence-corrected chi connectivity index (χ2v) is 4.68. The maximum Gasteiger partial charge on any atom is 0.408 e. The van der Waals surface area contributed by atoms with Crippen molar-refractivity contribution in [2.24, 2.45) is 0 Å². The van der Waals surface area contributed by atoms with E-state index in [2.05, 4.69) is 5.32 Å². The van der Waals surface area contributed by atoms with E-state index in [1.165, 1.54) is 0 Å². The molecule has 1 aliphatic heterocycles. The number of amides is 1. The van der Waals surface area contributed by atoms with E-state index < -0.39 is 23.7 Å². The number of hydrogen-bond donors (Lipinski definition) is 1. The highest BCUT2D eigenvalue weighted by molar-refractivity contribution is 5.83. The molecule has 0 aliphatic carbocycles. The predicted molar refractivity (Wildman–Crippen MR) is 53.3 cm³/mol. The van der Waals surface area contributed by atoms with Crippen LogP contribution in [0.25, 0.3) is 0 Å². The van der Waals surface area contributed by atoms with Gasteiger partial charge in [-0.25, -0.2) is 9.59 Å². The largest absolute Gasteiger partial charge is 0.461 e. The SMILES string of the molecule is CC1CC(NC(=O)OC(C)(C)C)C(=O)O1. The first kappa shape index (κ1) is 11.8. The van der Waals surface area contributed by atoms with Crippen LogP contribution in [0.4, 0.5) is 4.79 Å². The van der Waals surface area contributed by atoms with E-state index in [0.29, 0.717) is 6.42 Å². The molecule has 15 heavy (non-hydrogen) atoms. The first-order valence-electron chi connectivity index (χ1n) is 4.98. The van der Waals surface area contributed by atoms with E-state index in [-0.39, 0.29) is 6.10 Å². The summed E-state index contributed by atoms with van der Waals surface area (Å²) >= 11 is 0. The minimum atomic E-state index is -0.585. The molecule has 5 heteroatoms. The molecule has 1 fully saturated rings. The highest BCUT2D eigenvalue weighted by Gasteiger charge is 2.34. The Morgan fingerprint density at radius 2 is 2.13 bits per heavy atom. The highest BCUT2D eigenvalue weighted by atomic mass is 16.6. The molecule has 0 saturated carbocycles. The Balaban J connectivity index is 2.42. The second-order valence-electron chi connectivity index (χ2n) is 4.68. The minimum absolute atomic E-state index is 0.141. The summed E-state index contributed by atoms with van der Waals surface area (Å²) < 4.78 is 9.92. The molecule has 1 aliphatic rings. The van der Waals surface area contributed by atoms with Crippen LogP contribution in [0, 0.1) is 0 Å². The first-order valence-corrected chi connectivity index (χ1v) is 4.98.